The first-order valence-corrected chi connectivity index (χ1v) is 7.81. The third-order valence-electron chi connectivity index (χ3n) is 4.48. The predicted molar refractivity (Wildman–Crippen MR) is 84.0 cm³/mol. The summed E-state index contributed by atoms with van der Waals surface area (Å²) in [5, 5.41) is 13.4. The van der Waals surface area contributed by atoms with E-state index < -0.39 is 0 Å². The van der Waals surface area contributed by atoms with Gasteiger partial charge in [0.05, 0.1) is 17.5 Å². The minimum Gasteiger partial charge on any atom is -0.396 e. The molecule has 1 N–H and O–H groups in total. The predicted octanol–water partition coefficient (Wildman–Crippen LogP) is 2.16. The monoisotopic (exact) mass is 317 g/mol. The van der Waals surface area contributed by atoms with Gasteiger partial charge in [-0.1, -0.05) is 12.1 Å². The number of aliphatic hydroxyl groups is 1. The maximum atomic E-state index is 13.9. The fourth-order valence-electron chi connectivity index (χ4n) is 2.97. The molecule has 1 aliphatic heterocycles. The van der Waals surface area contributed by atoms with Crippen LogP contribution in [0.2, 0.25) is 0 Å². The van der Waals surface area contributed by atoms with Crippen LogP contribution in [0.1, 0.15) is 28.9 Å². The quantitative estimate of drug-likeness (QED) is 0.944. The summed E-state index contributed by atoms with van der Waals surface area (Å²) in [7, 11) is 0. The number of para-hydroxylation sites is 1. The van der Waals surface area contributed by atoms with E-state index in [9.17, 15) is 14.3 Å². The molecular weight excluding hydrogens is 297 g/mol. The summed E-state index contributed by atoms with van der Waals surface area (Å²) < 4.78 is 15.4. The van der Waals surface area contributed by atoms with Gasteiger partial charge in [-0.15, -0.1) is 0 Å². The molecule has 5 nitrogen and oxygen atoms in total. The van der Waals surface area contributed by atoms with Crippen LogP contribution < -0.4 is 0 Å². The lowest BCUT2D eigenvalue weighted by molar-refractivity contribution is 0.0650. The molecule has 1 fully saturated rings. The zero-order chi connectivity index (χ0) is 16.4. The molecule has 3 rings (SSSR count). The molecular formula is C17H20FN3O2. The fraction of sp³-hybridized carbons (Fsp3) is 0.412. The zero-order valence-corrected chi connectivity index (χ0v) is 13.1. The number of halogens is 1. The number of aliphatic hydroxyl groups excluding tert-OH is 1. The number of piperidine rings is 1. The second-order valence-electron chi connectivity index (χ2n) is 5.93. The molecule has 0 spiro atoms. The summed E-state index contributed by atoms with van der Waals surface area (Å²) in [6, 6.07) is 6.36. The van der Waals surface area contributed by atoms with Crippen LogP contribution in [0.15, 0.2) is 30.5 Å². The van der Waals surface area contributed by atoms with Crippen molar-refractivity contribution < 1.29 is 14.3 Å². The number of rotatable bonds is 3. The Bertz CT molecular complexity index is 706. The van der Waals surface area contributed by atoms with Crippen LogP contribution in [0.3, 0.4) is 0 Å². The molecule has 0 bridgehead atoms. The number of carbonyl (C=O) groups is 1. The number of likely N-dealkylation sites (tertiary alicyclic amines) is 1. The SMILES string of the molecule is Cc1c(C(=O)N2CCC(CO)CC2)cnn1-c1ccccc1F. The van der Waals surface area contributed by atoms with Crippen molar-refractivity contribution in [1.82, 2.24) is 14.7 Å². The van der Waals surface area contributed by atoms with Crippen molar-refractivity contribution in [3.05, 3.63) is 47.5 Å². The Hall–Kier alpha value is -2.21. The molecule has 0 atom stereocenters. The third kappa shape index (κ3) is 2.99. The van der Waals surface area contributed by atoms with E-state index in [0.717, 1.165) is 12.8 Å². The van der Waals surface area contributed by atoms with E-state index in [0.29, 0.717) is 30.0 Å². The highest BCUT2D eigenvalue weighted by molar-refractivity contribution is 5.95. The Balaban J connectivity index is 1.82. The molecule has 1 aromatic heterocycles. The van der Waals surface area contributed by atoms with Gasteiger partial charge in [-0.05, 0) is 37.8 Å². The molecule has 23 heavy (non-hydrogen) atoms. The Morgan fingerprint density at radius 2 is 2.04 bits per heavy atom. The average Bonchev–Trinajstić information content (AvgIpc) is 2.96. The van der Waals surface area contributed by atoms with Crippen molar-refractivity contribution in [3.63, 3.8) is 0 Å². The second kappa shape index (κ2) is 6.50. The van der Waals surface area contributed by atoms with Crippen molar-refractivity contribution >= 4 is 5.91 Å². The number of aromatic nitrogens is 2. The van der Waals surface area contributed by atoms with Crippen molar-refractivity contribution in [3.8, 4) is 5.69 Å². The second-order valence-corrected chi connectivity index (χ2v) is 5.93. The lowest BCUT2D eigenvalue weighted by Gasteiger charge is -2.31. The highest BCUT2D eigenvalue weighted by Crippen LogP contribution is 2.21. The molecule has 2 aromatic rings. The smallest absolute Gasteiger partial charge is 0.257 e. The van der Waals surface area contributed by atoms with Gasteiger partial charge in [0.2, 0.25) is 0 Å². The highest BCUT2D eigenvalue weighted by atomic mass is 19.1. The minimum absolute atomic E-state index is 0.0820. The lowest BCUT2D eigenvalue weighted by Crippen LogP contribution is -2.39. The van der Waals surface area contributed by atoms with Crippen LogP contribution in [0.4, 0.5) is 4.39 Å². The molecule has 2 heterocycles. The average molecular weight is 317 g/mol. The van der Waals surface area contributed by atoms with E-state index in [1.807, 2.05) is 0 Å². The van der Waals surface area contributed by atoms with Crippen LogP contribution >= 0.6 is 0 Å². The van der Waals surface area contributed by atoms with Gasteiger partial charge in [-0.3, -0.25) is 4.79 Å². The Morgan fingerprint density at radius 3 is 2.70 bits per heavy atom. The number of hydrogen-bond acceptors (Lipinski definition) is 3. The van der Waals surface area contributed by atoms with Gasteiger partial charge in [0, 0.05) is 19.7 Å². The molecule has 6 heteroatoms. The molecule has 122 valence electrons. The first-order valence-electron chi connectivity index (χ1n) is 7.81. The van der Waals surface area contributed by atoms with Gasteiger partial charge >= 0.3 is 0 Å². The van der Waals surface area contributed by atoms with Gasteiger partial charge in [0.25, 0.3) is 5.91 Å². The minimum atomic E-state index is -0.374. The molecule has 1 aliphatic rings. The standard InChI is InChI=1S/C17H20FN3O2/c1-12-14(17(23)20-8-6-13(11-22)7-9-20)10-19-21(12)16-5-3-2-4-15(16)18/h2-5,10,13,22H,6-9,11H2,1H3. The first kappa shape index (κ1) is 15.7. The number of hydrogen-bond donors (Lipinski definition) is 1. The van der Waals surface area contributed by atoms with Crippen LogP contribution in [0.25, 0.3) is 5.69 Å². The van der Waals surface area contributed by atoms with Crippen molar-refractivity contribution in [2.75, 3.05) is 19.7 Å². The van der Waals surface area contributed by atoms with Gasteiger partial charge in [0.15, 0.2) is 0 Å². The van der Waals surface area contributed by atoms with Crippen molar-refractivity contribution in [2.24, 2.45) is 5.92 Å². The van der Waals surface area contributed by atoms with Gasteiger partial charge in [0.1, 0.15) is 11.5 Å². The van der Waals surface area contributed by atoms with Crippen molar-refractivity contribution in [1.29, 1.82) is 0 Å². The van der Waals surface area contributed by atoms with Gasteiger partial charge in [-0.2, -0.15) is 5.10 Å². The van der Waals surface area contributed by atoms with Crippen LogP contribution in [-0.2, 0) is 0 Å². The third-order valence-corrected chi connectivity index (χ3v) is 4.48. The summed E-state index contributed by atoms with van der Waals surface area (Å²) in [4.78, 5) is 14.4. The Kier molecular flexibility index (Phi) is 4.43. The summed E-state index contributed by atoms with van der Waals surface area (Å²) in [6.45, 7) is 3.21. The largest absolute Gasteiger partial charge is 0.396 e. The molecule has 1 amide bonds. The van der Waals surface area contributed by atoms with E-state index in [1.165, 1.54) is 16.9 Å². The van der Waals surface area contributed by atoms with Gasteiger partial charge in [-0.25, -0.2) is 9.07 Å². The fourth-order valence-corrected chi connectivity index (χ4v) is 2.97. The molecule has 0 unspecified atom stereocenters. The summed E-state index contributed by atoms with van der Waals surface area (Å²) in [5.41, 5.74) is 1.46. The van der Waals surface area contributed by atoms with Gasteiger partial charge < -0.3 is 10.0 Å². The van der Waals surface area contributed by atoms with E-state index in [-0.39, 0.29) is 24.2 Å². The topological polar surface area (TPSA) is 58.4 Å². The summed E-state index contributed by atoms with van der Waals surface area (Å²) >= 11 is 0. The van der Waals surface area contributed by atoms with Crippen molar-refractivity contribution in [2.45, 2.75) is 19.8 Å². The Morgan fingerprint density at radius 1 is 1.35 bits per heavy atom. The highest BCUT2D eigenvalue weighted by Gasteiger charge is 2.26. The van der Waals surface area contributed by atoms with Crippen LogP contribution in [0.5, 0.6) is 0 Å². The van der Waals surface area contributed by atoms with E-state index >= 15 is 0 Å². The van der Waals surface area contributed by atoms with E-state index in [1.54, 1.807) is 30.0 Å². The number of amides is 1. The maximum absolute atomic E-state index is 13.9. The van der Waals surface area contributed by atoms with Crippen LogP contribution in [0, 0.1) is 18.7 Å². The molecule has 0 radical (unpaired) electrons. The number of carbonyl (C=O) groups excluding carboxylic acids is 1. The molecule has 0 saturated carbocycles. The number of nitrogens with zero attached hydrogens (tertiary/aromatic N) is 3. The summed E-state index contributed by atoms with van der Waals surface area (Å²) in [6.07, 6.45) is 3.12. The number of benzene rings is 1. The Labute approximate surface area is 134 Å². The molecule has 0 aliphatic carbocycles. The maximum Gasteiger partial charge on any atom is 0.257 e. The van der Waals surface area contributed by atoms with Crippen LogP contribution in [-0.4, -0.2) is 45.4 Å². The molecule has 1 saturated heterocycles. The summed E-state index contributed by atoms with van der Waals surface area (Å²) in [5.74, 6) is -0.177. The first-order chi connectivity index (χ1) is 11.1. The zero-order valence-electron chi connectivity index (χ0n) is 13.1. The van der Waals surface area contributed by atoms with E-state index in [4.69, 9.17) is 0 Å². The van der Waals surface area contributed by atoms with E-state index in [2.05, 4.69) is 5.10 Å². The lowest BCUT2D eigenvalue weighted by atomic mass is 9.97. The normalized spacial score (nSPS) is 15.9. The molecule has 1 aromatic carbocycles.